The Kier molecular flexibility index (Phi) is 3.83. The van der Waals surface area contributed by atoms with E-state index in [9.17, 15) is 0 Å². The van der Waals surface area contributed by atoms with Crippen LogP contribution >= 0.6 is 30.3 Å². The zero-order valence-corrected chi connectivity index (χ0v) is 17.8. The van der Waals surface area contributed by atoms with Gasteiger partial charge in [0.15, 0.2) is 5.65 Å². The lowest BCUT2D eigenvalue weighted by molar-refractivity contribution is 0.415. The number of hydrogen-bond donors (Lipinski definition) is 0. The number of nitrogens with zero attached hydrogens (tertiary/aromatic N) is 6. The van der Waals surface area contributed by atoms with Gasteiger partial charge in [-0.25, -0.2) is 4.98 Å². The van der Waals surface area contributed by atoms with Crippen molar-refractivity contribution in [3.05, 3.63) is 36.7 Å². The first kappa shape index (κ1) is 16.9. The third-order valence-electron chi connectivity index (χ3n) is 4.85. The molecule has 5 rings (SSSR count). The molecule has 9 heteroatoms. The van der Waals surface area contributed by atoms with Gasteiger partial charge >= 0.3 is 0 Å². The second-order valence-electron chi connectivity index (χ2n) is 6.32. The molecule has 27 heavy (non-hydrogen) atoms. The molecular formula is C18H15IN6OS. The average molecular weight is 490 g/mol. The summed E-state index contributed by atoms with van der Waals surface area (Å²) in [6.45, 7) is 0. The molecule has 0 unspecified atom stereocenters. The quantitative estimate of drug-likeness (QED) is 0.353. The van der Waals surface area contributed by atoms with E-state index in [0.29, 0.717) is 0 Å². The van der Waals surface area contributed by atoms with Crippen molar-refractivity contribution in [1.82, 2.24) is 28.5 Å². The molecule has 0 saturated heterocycles. The number of halogens is 1. The van der Waals surface area contributed by atoms with Gasteiger partial charge in [0.1, 0.15) is 11.4 Å². The minimum atomic E-state index is 0.814. The predicted molar refractivity (Wildman–Crippen MR) is 117 cm³/mol. The predicted octanol–water partition coefficient (Wildman–Crippen LogP) is 4.33. The van der Waals surface area contributed by atoms with Crippen LogP contribution in [0.3, 0.4) is 0 Å². The van der Waals surface area contributed by atoms with Gasteiger partial charge < -0.3 is 4.74 Å². The fourth-order valence-corrected chi connectivity index (χ4v) is 5.21. The Bertz CT molecular complexity index is 1330. The van der Waals surface area contributed by atoms with Crippen LogP contribution < -0.4 is 4.74 Å². The van der Waals surface area contributed by atoms with E-state index >= 15 is 0 Å². The molecule has 0 radical (unpaired) electrons. The monoisotopic (exact) mass is 490 g/mol. The van der Waals surface area contributed by atoms with Crippen molar-refractivity contribution in [1.29, 1.82) is 0 Å². The summed E-state index contributed by atoms with van der Waals surface area (Å²) in [6, 6.07) is 8.17. The Labute approximate surface area is 171 Å². The van der Waals surface area contributed by atoms with E-state index < -0.39 is 0 Å². The van der Waals surface area contributed by atoms with E-state index in [4.69, 9.17) is 9.84 Å². The van der Waals surface area contributed by atoms with Crippen molar-refractivity contribution in [2.75, 3.05) is 7.11 Å². The third-order valence-corrected chi connectivity index (χ3v) is 6.54. The molecule has 0 N–H and O–H groups in total. The molecule has 1 aromatic carbocycles. The number of pyridine rings is 1. The fraction of sp³-hybridized carbons (Fsp3) is 0.167. The first-order valence-corrected chi connectivity index (χ1v) is 11.6. The lowest BCUT2D eigenvalue weighted by atomic mass is 10.1. The summed E-state index contributed by atoms with van der Waals surface area (Å²) in [7, 11) is 7.18. The van der Waals surface area contributed by atoms with Crippen molar-refractivity contribution >= 4 is 63.2 Å². The summed E-state index contributed by atoms with van der Waals surface area (Å²) >= 11 is 2.28. The molecule has 4 heterocycles. The number of methoxy groups -OCH3 is 1. The molecule has 0 amide bonds. The van der Waals surface area contributed by atoms with Gasteiger partial charge in [-0.15, -0.1) is 0 Å². The zero-order chi connectivity index (χ0) is 18.7. The number of aryl methyl sites for hydroxylation is 2. The van der Waals surface area contributed by atoms with Crippen LogP contribution in [0.5, 0.6) is 5.75 Å². The summed E-state index contributed by atoms with van der Waals surface area (Å²) < 4.78 is 11.3. The summed E-state index contributed by atoms with van der Waals surface area (Å²) in [4.78, 5) is 4.68. The number of aromatic nitrogens is 6. The normalized spacial score (nSPS) is 11.9. The van der Waals surface area contributed by atoms with Crippen molar-refractivity contribution in [3.63, 3.8) is 0 Å². The minimum Gasteiger partial charge on any atom is -0.497 e. The number of benzene rings is 1. The second-order valence-corrected chi connectivity index (χ2v) is 8.00. The van der Waals surface area contributed by atoms with E-state index in [2.05, 4.69) is 41.3 Å². The lowest BCUT2D eigenvalue weighted by Crippen LogP contribution is -1.93. The largest absolute Gasteiger partial charge is 0.497 e. The van der Waals surface area contributed by atoms with Crippen molar-refractivity contribution in [2.45, 2.75) is 0 Å². The van der Waals surface area contributed by atoms with Crippen LogP contribution in [-0.2, 0) is 14.1 Å². The fourth-order valence-electron chi connectivity index (χ4n) is 3.58. The van der Waals surface area contributed by atoms with E-state index in [1.54, 1.807) is 16.2 Å². The molecular weight excluding hydrogens is 475 g/mol. The standard InChI is InChI=1S/C18H15IN6OS/c1-23-14-5-4-11(26-3)6-12(14)16(22-23)15-7-13-17-10(9-21-24(17)2)8-20-18(13)25(15)27-19/h4-9H,1-3H3. The first-order valence-electron chi connectivity index (χ1n) is 8.24. The van der Waals surface area contributed by atoms with Crippen LogP contribution in [0.25, 0.3) is 44.2 Å². The van der Waals surface area contributed by atoms with Crippen LogP contribution in [0.4, 0.5) is 0 Å². The van der Waals surface area contributed by atoms with Gasteiger partial charge in [0.05, 0.1) is 30.0 Å². The Morgan fingerprint density at radius 3 is 2.70 bits per heavy atom. The van der Waals surface area contributed by atoms with E-state index in [0.717, 1.165) is 50.0 Å². The van der Waals surface area contributed by atoms with Crippen molar-refractivity contribution < 1.29 is 4.74 Å². The molecule has 7 nitrogen and oxygen atoms in total. The smallest absolute Gasteiger partial charge is 0.153 e. The lowest BCUT2D eigenvalue weighted by Gasteiger charge is -2.04. The molecule has 0 aliphatic carbocycles. The van der Waals surface area contributed by atoms with Gasteiger partial charge in [-0.05, 0) is 24.3 Å². The topological polar surface area (TPSA) is 62.7 Å². The Morgan fingerprint density at radius 1 is 1.07 bits per heavy atom. The summed E-state index contributed by atoms with van der Waals surface area (Å²) in [5, 5.41) is 12.3. The highest BCUT2D eigenvalue weighted by atomic mass is 127. The van der Waals surface area contributed by atoms with Gasteiger partial charge in [-0.2, -0.15) is 10.2 Å². The maximum absolute atomic E-state index is 5.43. The second kappa shape index (κ2) is 6.13. The molecule has 0 aliphatic heterocycles. The molecule has 0 bridgehead atoms. The molecule has 0 saturated carbocycles. The maximum Gasteiger partial charge on any atom is 0.153 e. The van der Waals surface area contributed by atoms with E-state index in [-0.39, 0.29) is 0 Å². The molecule has 4 aromatic heterocycles. The van der Waals surface area contributed by atoms with Crippen LogP contribution in [-0.4, -0.2) is 35.6 Å². The number of hydrogen-bond acceptors (Lipinski definition) is 5. The molecule has 0 aliphatic rings. The van der Waals surface area contributed by atoms with Crippen LogP contribution in [0, 0.1) is 0 Å². The summed E-state index contributed by atoms with van der Waals surface area (Å²) in [5.74, 6) is 0.814. The average Bonchev–Trinajstić information content (AvgIpc) is 3.34. The van der Waals surface area contributed by atoms with Crippen molar-refractivity contribution in [3.8, 4) is 17.1 Å². The zero-order valence-electron chi connectivity index (χ0n) is 14.8. The van der Waals surface area contributed by atoms with Gasteiger partial charge in [-0.3, -0.25) is 13.3 Å². The number of fused-ring (bicyclic) bond motifs is 4. The first-order chi connectivity index (χ1) is 13.1. The third kappa shape index (κ3) is 2.37. The number of rotatable bonds is 3. The van der Waals surface area contributed by atoms with Crippen molar-refractivity contribution in [2.24, 2.45) is 14.1 Å². The van der Waals surface area contributed by atoms with Crippen LogP contribution in [0.2, 0.25) is 0 Å². The highest BCUT2D eigenvalue weighted by molar-refractivity contribution is 14.2. The van der Waals surface area contributed by atoms with Gasteiger partial charge in [0, 0.05) is 66.8 Å². The minimum absolute atomic E-state index is 0.814. The van der Waals surface area contributed by atoms with Crippen LogP contribution in [0.1, 0.15) is 0 Å². The van der Waals surface area contributed by atoms with Gasteiger partial charge in [0.2, 0.25) is 0 Å². The molecule has 0 atom stereocenters. The van der Waals surface area contributed by atoms with Gasteiger partial charge in [0.25, 0.3) is 0 Å². The highest BCUT2D eigenvalue weighted by Crippen LogP contribution is 2.39. The number of ether oxygens (including phenoxy) is 1. The Balaban J connectivity index is 1.89. The Morgan fingerprint density at radius 2 is 1.93 bits per heavy atom. The van der Waals surface area contributed by atoms with E-state index in [1.807, 2.05) is 54.1 Å². The molecule has 0 spiro atoms. The molecule has 5 aromatic rings. The summed E-state index contributed by atoms with van der Waals surface area (Å²) in [5.41, 5.74) is 4.94. The van der Waals surface area contributed by atoms with Crippen LogP contribution in [0.15, 0.2) is 36.7 Å². The van der Waals surface area contributed by atoms with Gasteiger partial charge in [-0.1, -0.05) is 0 Å². The summed E-state index contributed by atoms with van der Waals surface area (Å²) in [6.07, 6.45) is 3.72. The Hall–Kier alpha value is -2.27. The van der Waals surface area contributed by atoms with E-state index in [1.165, 1.54) is 0 Å². The SMILES string of the molecule is COc1ccc2c(c1)c(-c1cc3c4c(cnc3n1SI)cnn4C)nn2C. The highest BCUT2D eigenvalue weighted by Gasteiger charge is 2.20. The molecule has 136 valence electrons. The molecule has 0 fully saturated rings. The maximum atomic E-state index is 5.43.